The molecule has 0 amide bonds. The first-order valence-electron chi connectivity index (χ1n) is 30.1. The highest BCUT2D eigenvalue weighted by molar-refractivity contribution is 6.07. The van der Waals surface area contributed by atoms with Crippen molar-refractivity contribution in [2.75, 3.05) is 0 Å². The van der Waals surface area contributed by atoms with E-state index >= 15 is 0 Å². The van der Waals surface area contributed by atoms with Gasteiger partial charge in [0.2, 0.25) is 0 Å². The molecule has 5 atom stereocenters. The summed E-state index contributed by atoms with van der Waals surface area (Å²) >= 11 is 0. The summed E-state index contributed by atoms with van der Waals surface area (Å²) in [5, 5.41) is 26.7. The Morgan fingerprint density at radius 1 is 0.524 bits per heavy atom. The molecule has 3 aliphatic carbocycles. The van der Waals surface area contributed by atoms with E-state index in [0.717, 1.165) is 157 Å². The summed E-state index contributed by atoms with van der Waals surface area (Å²) in [4.78, 5) is 39.3. The van der Waals surface area contributed by atoms with Crippen LogP contribution in [0.15, 0.2) is 115 Å². The fourth-order valence-electron chi connectivity index (χ4n) is 14.7. The number of aromatic hydroxyl groups is 1. The predicted octanol–water partition coefficient (Wildman–Crippen LogP) is 15.7. The second-order valence-electron chi connectivity index (χ2n) is 24.1. The molecule has 5 heterocycles. The molecule has 10 heteroatoms. The normalized spacial score (nSPS) is 20.2. The van der Waals surface area contributed by atoms with Crippen molar-refractivity contribution < 1.29 is 10.2 Å². The zero-order chi connectivity index (χ0) is 55.7. The van der Waals surface area contributed by atoms with Crippen molar-refractivity contribution in [2.24, 2.45) is 17.3 Å². The number of phenols is 1. The molecular formula is C72H68N8O2. The maximum Gasteiger partial charge on any atom is 0.164 e. The lowest BCUT2D eigenvalue weighted by Crippen LogP contribution is -2.49. The Hall–Kier alpha value is -8.44. The Balaban J connectivity index is 0.868. The number of rotatable bonds is 10. The van der Waals surface area contributed by atoms with Gasteiger partial charge in [0, 0.05) is 60.3 Å². The lowest BCUT2D eigenvalue weighted by molar-refractivity contribution is -0.108. The lowest BCUT2D eigenvalue weighted by atomic mass is 9.52. The summed E-state index contributed by atoms with van der Waals surface area (Å²) < 4.78 is 0. The Morgan fingerprint density at radius 3 is 1.70 bits per heavy atom. The average Bonchev–Trinajstić information content (AvgIpc) is 3.55. The fraction of sp³-hybridized carbons (Fsp3) is 0.333. The van der Waals surface area contributed by atoms with Crippen molar-refractivity contribution in [3.05, 3.63) is 160 Å². The van der Waals surface area contributed by atoms with Crippen molar-refractivity contribution in [2.45, 2.75) is 136 Å². The molecule has 0 spiro atoms. The number of hydrogen-bond donors (Lipinski definition) is 4. The Bertz CT molecular complexity index is 4360. The molecule has 2 aliphatic heterocycles. The summed E-state index contributed by atoms with van der Waals surface area (Å²) in [6, 6.07) is 40.1. The molecule has 408 valence electrons. The minimum atomic E-state index is -0.950. The van der Waals surface area contributed by atoms with Crippen LogP contribution in [0.1, 0.15) is 149 Å². The van der Waals surface area contributed by atoms with E-state index in [4.69, 9.17) is 29.9 Å². The van der Waals surface area contributed by atoms with Crippen molar-refractivity contribution in [3.8, 4) is 75.0 Å². The van der Waals surface area contributed by atoms with Crippen LogP contribution >= 0.6 is 0 Å². The quantitative estimate of drug-likeness (QED) is 0.0989. The van der Waals surface area contributed by atoms with Gasteiger partial charge in [0.05, 0.1) is 5.60 Å². The van der Waals surface area contributed by atoms with Gasteiger partial charge < -0.3 is 20.2 Å². The molecule has 82 heavy (non-hydrogen) atoms. The third-order valence-electron chi connectivity index (χ3n) is 19.2. The van der Waals surface area contributed by atoms with Crippen LogP contribution in [-0.4, -0.2) is 50.1 Å². The molecule has 5 aliphatic rings. The SMILES string of the molecule is CCCCc1ccc2c(c1)-c1nc-2nc2[nH]c(nc3nc(nc4[nH]c(n1)c1ccc(C#CC#Cc5cccc([C@]6(O)CC[C@H]7[C@@H]8CCc9cc(O)ccc9[C@H]8CC[C@@]76C)c5)cc41)-c1ccc(CCCC)cc1-3)c1ccc(CCCC)cc21. The number of H-pyrrole nitrogens is 2. The maximum atomic E-state index is 12.8. The van der Waals surface area contributed by atoms with E-state index < -0.39 is 5.60 Å². The summed E-state index contributed by atoms with van der Waals surface area (Å²) in [7, 11) is 0. The zero-order valence-electron chi connectivity index (χ0n) is 47.4. The van der Waals surface area contributed by atoms with Crippen LogP contribution in [0.2, 0.25) is 0 Å². The van der Waals surface area contributed by atoms with Crippen molar-refractivity contribution in [1.29, 1.82) is 0 Å². The first-order chi connectivity index (χ1) is 40.1. The second kappa shape index (κ2) is 20.8. The van der Waals surface area contributed by atoms with Crippen molar-refractivity contribution in [3.63, 3.8) is 0 Å². The number of unbranched alkanes of at least 4 members (excludes halogenated alkanes) is 3. The summed E-state index contributed by atoms with van der Waals surface area (Å²) in [5.41, 5.74) is 14.1. The molecule has 10 nitrogen and oxygen atoms in total. The zero-order valence-corrected chi connectivity index (χ0v) is 47.4. The number of fused-ring (bicyclic) bond motifs is 25. The molecule has 2 saturated carbocycles. The number of aromatic amines is 2. The molecule has 8 bridgehead atoms. The standard InChI is InChI=1S/C72H68N8O2/c1-5-8-14-44-21-27-54-58(38-44)67-73-63(54)75-68-60-40-46(16-10-7-3)23-29-56(60)65(77-68)79-70-61-41-47(24-30-57(61)66(80-70)78-69-59-39-45(15-9-6-2)22-28-55(59)64(74-67)76-69)18-12-11-17-43-19-13-20-49(37-43)72(82)36-34-62-53-31-25-48-42-50(81)26-32-51(48)52(53)33-35-71(62,72)4/h13,19-24,26-30,32,37-42,52-53,62,81-82H,5-10,14-16,25,31,33-36H2,1-4H3,(H2,73,74,75,76,77,78,79,80)/t52-,53-,62+,71+,72-/m1/s1. The molecule has 0 saturated heterocycles. The van der Waals surface area contributed by atoms with E-state index in [2.05, 4.69) is 146 Å². The van der Waals surface area contributed by atoms with Crippen LogP contribution < -0.4 is 0 Å². The average molecular weight is 1080 g/mol. The minimum Gasteiger partial charge on any atom is -0.508 e. The minimum absolute atomic E-state index is 0.247. The molecule has 2 fully saturated rings. The van der Waals surface area contributed by atoms with Crippen LogP contribution in [0, 0.1) is 40.9 Å². The van der Waals surface area contributed by atoms with Gasteiger partial charge in [-0.2, -0.15) is 0 Å². The molecule has 0 radical (unpaired) electrons. The van der Waals surface area contributed by atoms with Gasteiger partial charge in [-0.3, -0.25) is 0 Å². The van der Waals surface area contributed by atoms with E-state index in [1.165, 1.54) is 27.8 Å². The molecule has 9 aromatic rings. The van der Waals surface area contributed by atoms with Gasteiger partial charge in [0.15, 0.2) is 23.3 Å². The molecule has 6 aromatic carbocycles. The van der Waals surface area contributed by atoms with E-state index in [-0.39, 0.29) is 5.41 Å². The van der Waals surface area contributed by atoms with E-state index in [1.807, 2.05) is 30.3 Å². The number of benzene rings is 6. The number of nitrogens with one attached hydrogen (secondary N) is 2. The molecule has 3 aromatic heterocycles. The fourth-order valence-corrected chi connectivity index (χ4v) is 14.7. The predicted molar refractivity (Wildman–Crippen MR) is 329 cm³/mol. The van der Waals surface area contributed by atoms with Gasteiger partial charge in [-0.25, -0.2) is 29.9 Å². The smallest absolute Gasteiger partial charge is 0.164 e. The van der Waals surface area contributed by atoms with E-state index in [9.17, 15) is 10.2 Å². The highest BCUT2D eigenvalue weighted by Gasteiger charge is 2.62. The van der Waals surface area contributed by atoms with Crippen molar-refractivity contribution in [1.82, 2.24) is 39.9 Å². The summed E-state index contributed by atoms with van der Waals surface area (Å²) in [6.45, 7) is 9.01. The second-order valence-corrected chi connectivity index (χ2v) is 24.1. The first-order valence-corrected chi connectivity index (χ1v) is 30.1. The van der Waals surface area contributed by atoms with Crippen molar-refractivity contribution >= 4 is 44.1 Å². The Kier molecular flexibility index (Phi) is 13.1. The number of hydrogen-bond acceptors (Lipinski definition) is 8. The summed E-state index contributed by atoms with van der Waals surface area (Å²) in [5.74, 6) is 17.1. The highest BCUT2D eigenvalue weighted by Crippen LogP contribution is 2.67. The van der Waals surface area contributed by atoms with Gasteiger partial charge in [-0.05, 0) is 201 Å². The first kappa shape index (κ1) is 51.7. The molecule has 14 rings (SSSR count). The number of aryl methyl sites for hydroxylation is 4. The maximum absolute atomic E-state index is 12.8. The number of aliphatic hydroxyl groups is 1. The molecule has 0 unspecified atom stereocenters. The third kappa shape index (κ3) is 8.95. The van der Waals surface area contributed by atoms with E-state index in [1.54, 1.807) is 0 Å². The van der Waals surface area contributed by atoms with Gasteiger partial charge >= 0.3 is 0 Å². The topological polar surface area (TPSA) is 149 Å². The number of phenolic OH excluding ortho intramolecular Hbond substituents is 1. The van der Waals surface area contributed by atoms with Gasteiger partial charge in [0.25, 0.3) is 0 Å². The van der Waals surface area contributed by atoms with E-state index in [0.29, 0.717) is 69.4 Å². The summed E-state index contributed by atoms with van der Waals surface area (Å²) in [6.07, 6.45) is 15.3. The van der Waals surface area contributed by atoms with Crippen LogP contribution in [0.4, 0.5) is 0 Å². The Labute approximate surface area is 479 Å². The van der Waals surface area contributed by atoms with Crippen LogP contribution in [-0.2, 0) is 31.3 Å². The third-order valence-corrected chi connectivity index (χ3v) is 19.2. The molecule has 4 N–H and O–H groups in total. The highest BCUT2D eigenvalue weighted by atomic mass is 16.3. The number of aromatic nitrogens is 8. The van der Waals surface area contributed by atoms with Crippen LogP contribution in [0.25, 0.3) is 89.7 Å². The monoisotopic (exact) mass is 1080 g/mol. The van der Waals surface area contributed by atoms with Gasteiger partial charge in [-0.1, -0.05) is 113 Å². The number of nitrogens with zero attached hydrogens (tertiary/aromatic N) is 6. The van der Waals surface area contributed by atoms with Gasteiger partial charge in [-0.15, -0.1) is 0 Å². The molecular weight excluding hydrogens is 1010 g/mol. The van der Waals surface area contributed by atoms with Gasteiger partial charge in [0.1, 0.15) is 28.3 Å². The van der Waals surface area contributed by atoms with Crippen LogP contribution in [0.5, 0.6) is 5.75 Å². The lowest BCUT2D eigenvalue weighted by Gasteiger charge is -2.53. The largest absolute Gasteiger partial charge is 0.508 e. The Morgan fingerprint density at radius 2 is 1.07 bits per heavy atom. The van der Waals surface area contributed by atoms with Crippen LogP contribution in [0.3, 0.4) is 0 Å².